The van der Waals surface area contributed by atoms with Crippen LogP contribution in [0.25, 0.3) is 0 Å². The molecule has 1 rings (SSSR count). The number of nitrogens with two attached hydrogens (primary N) is 1. The first kappa shape index (κ1) is 12.6. The minimum absolute atomic E-state index is 0.00334. The number of aromatic nitrogens is 2. The van der Waals surface area contributed by atoms with Crippen LogP contribution in [0, 0.1) is 0 Å². The van der Waals surface area contributed by atoms with Crippen LogP contribution in [0.4, 0.5) is 0 Å². The largest absolute Gasteiger partial charge is 0.480 e. The van der Waals surface area contributed by atoms with E-state index in [-0.39, 0.29) is 17.9 Å². The average Bonchev–Trinajstić information content (AvgIpc) is 2.70. The Morgan fingerprint density at radius 2 is 2.38 bits per heavy atom. The molecule has 0 bridgehead atoms. The second-order valence-corrected chi connectivity index (χ2v) is 4.83. The van der Waals surface area contributed by atoms with Crippen LogP contribution in [-0.4, -0.2) is 42.3 Å². The van der Waals surface area contributed by atoms with Crippen LogP contribution in [0.5, 0.6) is 0 Å². The molecule has 1 aromatic heterocycles. The van der Waals surface area contributed by atoms with Crippen molar-refractivity contribution in [2.45, 2.75) is 17.4 Å². The topological polar surface area (TPSA) is 138 Å². The van der Waals surface area contributed by atoms with Crippen molar-refractivity contribution in [3.8, 4) is 0 Å². The van der Waals surface area contributed by atoms with Gasteiger partial charge in [-0.15, -0.1) is 0 Å². The standard InChI is InChI=1S/C7H12N4O4S/c8-6(7(12)13)1-2-11-16(14,15)5-3-9-10-4-5/h3-4,6,11H,1-2,8H2,(H,9,10)(H,12,13). The van der Waals surface area contributed by atoms with Crippen molar-refractivity contribution >= 4 is 16.0 Å². The molecule has 0 fully saturated rings. The Hall–Kier alpha value is -1.45. The lowest BCUT2D eigenvalue weighted by Crippen LogP contribution is -2.35. The van der Waals surface area contributed by atoms with Gasteiger partial charge in [0.1, 0.15) is 10.9 Å². The molecule has 1 aromatic rings. The number of carboxylic acid groups (broad SMARTS) is 1. The molecule has 0 saturated carbocycles. The third kappa shape index (κ3) is 3.29. The molecule has 0 saturated heterocycles. The van der Waals surface area contributed by atoms with E-state index in [1.807, 2.05) is 0 Å². The number of nitrogens with zero attached hydrogens (tertiary/aromatic N) is 1. The molecule has 0 radical (unpaired) electrons. The maximum Gasteiger partial charge on any atom is 0.320 e. The summed E-state index contributed by atoms with van der Waals surface area (Å²) < 4.78 is 25.2. The number of rotatable bonds is 6. The van der Waals surface area contributed by atoms with Crippen molar-refractivity contribution in [1.82, 2.24) is 14.9 Å². The first-order valence-corrected chi connectivity index (χ1v) is 5.88. The molecular formula is C7H12N4O4S. The van der Waals surface area contributed by atoms with Gasteiger partial charge in [0.25, 0.3) is 0 Å². The van der Waals surface area contributed by atoms with Crippen LogP contribution in [0.15, 0.2) is 17.3 Å². The van der Waals surface area contributed by atoms with Crippen molar-refractivity contribution < 1.29 is 18.3 Å². The highest BCUT2D eigenvalue weighted by molar-refractivity contribution is 7.89. The van der Waals surface area contributed by atoms with E-state index in [1.165, 1.54) is 6.20 Å². The zero-order chi connectivity index (χ0) is 12.2. The van der Waals surface area contributed by atoms with E-state index in [0.29, 0.717) is 0 Å². The molecule has 0 aliphatic rings. The molecule has 0 aliphatic heterocycles. The summed E-state index contributed by atoms with van der Waals surface area (Å²) >= 11 is 0. The number of hydrogen-bond donors (Lipinski definition) is 4. The Bertz CT molecular complexity index is 441. The number of nitrogens with one attached hydrogen (secondary N) is 2. The fraction of sp³-hybridized carbons (Fsp3) is 0.429. The number of aromatic amines is 1. The molecule has 0 spiro atoms. The second-order valence-electron chi connectivity index (χ2n) is 3.07. The van der Waals surface area contributed by atoms with Crippen LogP contribution < -0.4 is 10.5 Å². The van der Waals surface area contributed by atoms with E-state index < -0.39 is 22.0 Å². The Labute approximate surface area is 91.9 Å². The number of hydrogen-bond acceptors (Lipinski definition) is 5. The van der Waals surface area contributed by atoms with E-state index in [2.05, 4.69) is 14.9 Å². The second kappa shape index (κ2) is 5.05. The summed E-state index contributed by atoms with van der Waals surface area (Å²) in [6.07, 6.45) is 2.39. The van der Waals surface area contributed by atoms with Crippen molar-refractivity contribution in [2.24, 2.45) is 5.73 Å². The number of carbonyl (C=O) groups is 1. The quantitative estimate of drug-likeness (QED) is 0.482. The average molecular weight is 248 g/mol. The van der Waals surface area contributed by atoms with E-state index in [4.69, 9.17) is 10.8 Å². The van der Waals surface area contributed by atoms with E-state index >= 15 is 0 Å². The third-order valence-corrected chi connectivity index (χ3v) is 3.28. The van der Waals surface area contributed by atoms with Crippen LogP contribution in [0.1, 0.15) is 6.42 Å². The van der Waals surface area contributed by atoms with Gasteiger partial charge in [0, 0.05) is 12.7 Å². The summed E-state index contributed by atoms with van der Waals surface area (Å²) in [5.74, 6) is -1.16. The van der Waals surface area contributed by atoms with Gasteiger partial charge in [0.2, 0.25) is 10.0 Å². The highest BCUT2D eigenvalue weighted by Crippen LogP contribution is 2.03. The van der Waals surface area contributed by atoms with Crippen LogP contribution in [0.3, 0.4) is 0 Å². The first-order valence-electron chi connectivity index (χ1n) is 4.40. The van der Waals surface area contributed by atoms with E-state index in [9.17, 15) is 13.2 Å². The third-order valence-electron chi connectivity index (χ3n) is 1.85. The number of carboxylic acids is 1. The van der Waals surface area contributed by atoms with Crippen LogP contribution in [0.2, 0.25) is 0 Å². The Balaban J connectivity index is 2.47. The van der Waals surface area contributed by atoms with Crippen LogP contribution in [-0.2, 0) is 14.8 Å². The summed E-state index contributed by atoms with van der Waals surface area (Å²) in [5.41, 5.74) is 5.21. The minimum atomic E-state index is -3.63. The Morgan fingerprint density at radius 3 is 2.88 bits per heavy atom. The highest BCUT2D eigenvalue weighted by Gasteiger charge is 2.16. The summed E-state index contributed by atoms with van der Waals surface area (Å²) in [6, 6.07) is -1.08. The van der Waals surface area contributed by atoms with Crippen molar-refractivity contribution in [1.29, 1.82) is 0 Å². The maximum atomic E-state index is 11.5. The van der Waals surface area contributed by atoms with Gasteiger partial charge in [-0.1, -0.05) is 0 Å². The van der Waals surface area contributed by atoms with Crippen molar-refractivity contribution in [3.63, 3.8) is 0 Å². The molecule has 1 heterocycles. The van der Waals surface area contributed by atoms with Gasteiger partial charge in [-0.2, -0.15) is 5.10 Å². The number of sulfonamides is 1. The molecule has 16 heavy (non-hydrogen) atoms. The van der Waals surface area contributed by atoms with Crippen molar-refractivity contribution in [3.05, 3.63) is 12.4 Å². The van der Waals surface area contributed by atoms with Gasteiger partial charge in [-0.05, 0) is 6.42 Å². The monoisotopic (exact) mass is 248 g/mol. The smallest absolute Gasteiger partial charge is 0.320 e. The lowest BCUT2D eigenvalue weighted by atomic mass is 10.2. The molecule has 0 aromatic carbocycles. The molecule has 1 atom stereocenters. The first-order chi connectivity index (χ1) is 7.43. The summed E-state index contributed by atoms with van der Waals surface area (Å²) in [6.45, 7) is -0.0407. The molecule has 0 aliphatic carbocycles. The molecule has 8 nitrogen and oxygen atoms in total. The molecule has 0 amide bonds. The predicted octanol–water partition coefficient (Wildman–Crippen LogP) is -1.51. The van der Waals surface area contributed by atoms with E-state index in [0.717, 1.165) is 6.20 Å². The van der Waals surface area contributed by atoms with Gasteiger partial charge in [-0.3, -0.25) is 9.89 Å². The summed E-state index contributed by atoms with van der Waals surface area (Å²) in [4.78, 5) is 10.4. The van der Waals surface area contributed by atoms with Gasteiger partial charge < -0.3 is 10.8 Å². The summed E-state index contributed by atoms with van der Waals surface area (Å²) in [7, 11) is -3.63. The van der Waals surface area contributed by atoms with Gasteiger partial charge in [-0.25, -0.2) is 13.1 Å². The van der Waals surface area contributed by atoms with E-state index in [1.54, 1.807) is 0 Å². The zero-order valence-electron chi connectivity index (χ0n) is 8.25. The van der Waals surface area contributed by atoms with Gasteiger partial charge >= 0.3 is 5.97 Å². The van der Waals surface area contributed by atoms with Crippen LogP contribution >= 0.6 is 0 Å². The minimum Gasteiger partial charge on any atom is -0.480 e. The Morgan fingerprint density at radius 1 is 1.69 bits per heavy atom. The maximum absolute atomic E-state index is 11.5. The molecule has 1 unspecified atom stereocenters. The lowest BCUT2D eigenvalue weighted by Gasteiger charge is -2.07. The van der Waals surface area contributed by atoms with Gasteiger partial charge in [0.05, 0.1) is 6.20 Å². The van der Waals surface area contributed by atoms with Crippen molar-refractivity contribution in [2.75, 3.05) is 6.54 Å². The lowest BCUT2D eigenvalue weighted by molar-refractivity contribution is -0.138. The Kier molecular flexibility index (Phi) is 3.99. The normalized spacial score (nSPS) is 13.6. The molecule has 9 heteroatoms. The summed E-state index contributed by atoms with van der Waals surface area (Å²) in [5, 5.41) is 14.3. The number of H-pyrrole nitrogens is 1. The zero-order valence-corrected chi connectivity index (χ0v) is 9.07. The predicted molar refractivity (Wildman–Crippen MR) is 54.0 cm³/mol. The fourth-order valence-electron chi connectivity index (χ4n) is 0.942. The number of aliphatic carboxylic acids is 1. The highest BCUT2D eigenvalue weighted by atomic mass is 32.2. The fourth-order valence-corrected chi connectivity index (χ4v) is 1.89. The van der Waals surface area contributed by atoms with Gasteiger partial charge in [0.15, 0.2) is 0 Å². The molecular weight excluding hydrogens is 236 g/mol. The molecule has 90 valence electrons. The molecule has 5 N–H and O–H groups in total. The SMILES string of the molecule is NC(CCNS(=O)(=O)c1cn[nH]c1)C(=O)O.